The minimum Gasteiger partial charge on any atom is -0.435 e. The number of rotatable bonds is 8. The van der Waals surface area contributed by atoms with Gasteiger partial charge < -0.3 is 25.2 Å². The van der Waals surface area contributed by atoms with Crippen molar-refractivity contribution in [3.05, 3.63) is 29.0 Å². The molecule has 3 fully saturated rings. The lowest BCUT2D eigenvalue weighted by Crippen LogP contribution is -2.63. The van der Waals surface area contributed by atoms with E-state index in [4.69, 9.17) is 22.8 Å². The summed E-state index contributed by atoms with van der Waals surface area (Å²) in [5, 5.41) is 11.3. The molecule has 1 saturated carbocycles. The number of aromatic nitrogens is 4. The fourth-order valence-corrected chi connectivity index (χ4v) is 5.09. The molecule has 6 rings (SSSR count). The molecule has 0 atom stereocenters. The summed E-state index contributed by atoms with van der Waals surface area (Å²) in [6.07, 6.45) is 9.25. The highest BCUT2D eigenvalue weighted by molar-refractivity contribution is 6.36. The summed E-state index contributed by atoms with van der Waals surface area (Å²) in [6, 6.07) is 3.68. The van der Waals surface area contributed by atoms with Crippen molar-refractivity contribution in [3.63, 3.8) is 0 Å². The first kappa shape index (κ1) is 24.9. The molecule has 10 nitrogen and oxygen atoms in total. The topological polar surface area (TPSA) is 86.1 Å². The van der Waals surface area contributed by atoms with Crippen molar-refractivity contribution in [2.75, 3.05) is 61.8 Å². The zero-order valence-corrected chi connectivity index (χ0v) is 21.6. The van der Waals surface area contributed by atoms with E-state index in [2.05, 4.69) is 53.4 Å². The number of imidazole rings is 1. The molecule has 1 aliphatic carbocycles. The number of piperazine rings is 1. The first-order valence-electron chi connectivity index (χ1n) is 12.6. The number of benzene rings is 1. The summed E-state index contributed by atoms with van der Waals surface area (Å²) in [4.78, 5) is 15.8. The van der Waals surface area contributed by atoms with Crippen LogP contribution in [0.1, 0.15) is 18.5 Å². The summed E-state index contributed by atoms with van der Waals surface area (Å²) >= 11 is 6.83. The van der Waals surface area contributed by atoms with Crippen molar-refractivity contribution in [2.24, 2.45) is 0 Å². The molecular formula is C25H28ClF2N9O. The van der Waals surface area contributed by atoms with Crippen LogP contribution < -0.4 is 20.3 Å². The van der Waals surface area contributed by atoms with Crippen LogP contribution in [-0.2, 0) is 0 Å². The number of ether oxygens (including phenoxy) is 1. The van der Waals surface area contributed by atoms with Gasteiger partial charge in [0.25, 0.3) is 0 Å². The predicted molar refractivity (Wildman–Crippen MR) is 142 cm³/mol. The van der Waals surface area contributed by atoms with Gasteiger partial charge in [-0.3, -0.25) is 4.90 Å². The van der Waals surface area contributed by atoms with Gasteiger partial charge in [-0.05, 0) is 25.8 Å². The Labute approximate surface area is 223 Å². The van der Waals surface area contributed by atoms with E-state index >= 15 is 0 Å². The summed E-state index contributed by atoms with van der Waals surface area (Å²) in [7, 11) is 2.12. The summed E-state index contributed by atoms with van der Waals surface area (Å²) in [6.45, 7) is 2.60. The second kappa shape index (κ2) is 10.1. The highest BCUT2D eigenvalue weighted by Gasteiger charge is 2.35. The Bertz CT molecular complexity index is 1380. The Balaban J connectivity index is 1.29. The lowest BCUT2D eigenvalue weighted by molar-refractivity contribution is -0.0497. The summed E-state index contributed by atoms with van der Waals surface area (Å²) in [5.41, 5.74) is 1.93. The monoisotopic (exact) mass is 543 g/mol. The standard InChI is InChI=1S/C25H28ClF2N9O/c1-3-16-12-29-23-22(30-15-4-5-15)32-25(33-37(16)23)31-19-10-18(38-24(27)28)11-20(21(19)26)36-13-17(14-36)35-8-6-34(2)7-9-35/h1,10-12,15,17,24H,4-9,13-14H2,2H3,(H2,30,31,32,33). The van der Waals surface area contributed by atoms with E-state index in [0.29, 0.717) is 45.6 Å². The molecule has 3 aromatic rings. The molecule has 0 radical (unpaired) electrons. The number of hydrogen-bond acceptors (Lipinski definition) is 9. The zero-order valence-electron chi connectivity index (χ0n) is 20.9. The second-order valence-electron chi connectivity index (χ2n) is 9.93. The molecule has 0 bridgehead atoms. The third-order valence-corrected chi connectivity index (χ3v) is 7.58. The average molecular weight is 544 g/mol. The van der Waals surface area contributed by atoms with Crippen LogP contribution in [0.4, 0.5) is 31.9 Å². The molecule has 2 aromatic heterocycles. The third kappa shape index (κ3) is 5.01. The largest absolute Gasteiger partial charge is 0.435 e. The summed E-state index contributed by atoms with van der Waals surface area (Å²) in [5.74, 6) is 3.28. The molecule has 2 saturated heterocycles. The molecular weight excluding hydrogens is 516 g/mol. The molecule has 13 heteroatoms. The van der Waals surface area contributed by atoms with Crippen molar-refractivity contribution >= 4 is 40.4 Å². The Kier molecular flexibility index (Phi) is 6.59. The number of nitrogens with zero attached hydrogens (tertiary/aromatic N) is 7. The number of alkyl halides is 2. The minimum absolute atomic E-state index is 0.00528. The van der Waals surface area contributed by atoms with Crippen LogP contribution in [0.15, 0.2) is 18.3 Å². The SMILES string of the molecule is C#Cc1cnc2c(NC3CC3)nc(Nc3cc(OC(F)F)cc(N4CC(N5CCN(C)CC5)C4)c3Cl)nn12. The summed E-state index contributed by atoms with van der Waals surface area (Å²) < 4.78 is 32.7. The maximum atomic E-state index is 13.2. The van der Waals surface area contributed by atoms with Crippen LogP contribution in [0.2, 0.25) is 5.02 Å². The Morgan fingerprint density at radius 3 is 2.63 bits per heavy atom. The molecule has 0 spiro atoms. The molecule has 2 N–H and O–H groups in total. The fourth-order valence-electron chi connectivity index (χ4n) is 4.82. The third-order valence-electron chi connectivity index (χ3n) is 7.18. The molecule has 2 aliphatic heterocycles. The number of nitrogens with one attached hydrogen (secondary N) is 2. The number of hydrogen-bond donors (Lipinski definition) is 2. The van der Waals surface area contributed by atoms with E-state index in [1.807, 2.05) is 0 Å². The van der Waals surface area contributed by atoms with Gasteiger partial charge in [0.1, 0.15) is 11.4 Å². The maximum absolute atomic E-state index is 13.2. The van der Waals surface area contributed by atoms with E-state index < -0.39 is 6.61 Å². The smallest absolute Gasteiger partial charge is 0.387 e. The van der Waals surface area contributed by atoms with Crippen molar-refractivity contribution in [1.82, 2.24) is 29.4 Å². The first-order chi connectivity index (χ1) is 18.4. The second-order valence-corrected chi connectivity index (χ2v) is 10.3. The Hall–Kier alpha value is -3.40. The Morgan fingerprint density at radius 1 is 1.18 bits per heavy atom. The quantitative estimate of drug-likeness (QED) is 0.416. The van der Waals surface area contributed by atoms with Gasteiger partial charge in [-0.2, -0.15) is 18.3 Å². The van der Waals surface area contributed by atoms with Gasteiger partial charge in [-0.25, -0.2) is 4.98 Å². The van der Waals surface area contributed by atoms with Gasteiger partial charge in [-0.1, -0.05) is 11.6 Å². The van der Waals surface area contributed by atoms with Gasteiger partial charge >= 0.3 is 6.61 Å². The number of likely N-dealkylation sites (N-methyl/N-ethyl adjacent to an activating group) is 1. The van der Waals surface area contributed by atoms with Gasteiger partial charge in [0.15, 0.2) is 11.5 Å². The van der Waals surface area contributed by atoms with Crippen LogP contribution in [0, 0.1) is 12.3 Å². The minimum atomic E-state index is -2.97. The Morgan fingerprint density at radius 2 is 1.95 bits per heavy atom. The number of fused-ring (bicyclic) bond motifs is 1. The molecule has 200 valence electrons. The van der Waals surface area contributed by atoms with E-state index in [9.17, 15) is 8.78 Å². The maximum Gasteiger partial charge on any atom is 0.387 e. The van der Waals surface area contributed by atoms with E-state index in [1.54, 1.807) is 12.3 Å². The van der Waals surface area contributed by atoms with Crippen molar-refractivity contribution in [1.29, 1.82) is 0 Å². The molecule has 38 heavy (non-hydrogen) atoms. The fraction of sp³-hybridized carbons (Fsp3) is 0.480. The lowest BCUT2D eigenvalue weighted by atomic mass is 10.0. The average Bonchev–Trinajstić information content (AvgIpc) is 3.57. The molecule has 4 heterocycles. The van der Waals surface area contributed by atoms with Crippen LogP contribution >= 0.6 is 11.6 Å². The highest BCUT2D eigenvalue weighted by Crippen LogP contribution is 2.41. The molecule has 0 unspecified atom stereocenters. The van der Waals surface area contributed by atoms with Crippen molar-refractivity contribution in [2.45, 2.75) is 31.5 Å². The normalized spacial score (nSPS) is 19.0. The molecule has 0 amide bonds. The van der Waals surface area contributed by atoms with Crippen molar-refractivity contribution < 1.29 is 13.5 Å². The van der Waals surface area contributed by atoms with Crippen molar-refractivity contribution in [3.8, 4) is 18.1 Å². The highest BCUT2D eigenvalue weighted by atomic mass is 35.5. The number of terminal acetylenes is 1. The van der Waals surface area contributed by atoms with Gasteiger partial charge in [-0.15, -0.1) is 11.5 Å². The van der Waals surface area contributed by atoms with Gasteiger partial charge in [0, 0.05) is 63.5 Å². The van der Waals surface area contributed by atoms with Gasteiger partial charge in [0.2, 0.25) is 5.95 Å². The number of halogens is 3. The molecule has 3 aliphatic rings. The van der Waals surface area contributed by atoms with Crippen LogP contribution in [0.5, 0.6) is 5.75 Å². The zero-order chi connectivity index (χ0) is 26.4. The van der Waals surface area contributed by atoms with Crippen LogP contribution in [0.25, 0.3) is 5.65 Å². The van der Waals surface area contributed by atoms with E-state index in [-0.39, 0.29) is 11.7 Å². The van der Waals surface area contributed by atoms with E-state index in [1.165, 1.54) is 10.6 Å². The first-order valence-corrected chi connectivity index (χ1v) is 13.0. The predicted octanol–water partition coefficient (Wildman–Crippen LogP) is 3.11. The van der Waals surface area contributed by atoms with Crippen LogP contribution in [-0.4, -0.2) is 94.4 Å². The number of anilines is 4. The lowest BCUT2D eigenvalue weighted by Gasteiger charge is -2.49. The van der Waals surface area contributed by atoms with E-state index in [0.717, 1.165) is 52.1 Å². The van der Waals surface area contributed by atoms with Gasteiger partial charge in [0.05, 0.1) is 22.6 Å². The van der Waals surface area contributed by atoms with Crippen LogP contribution in [0.3, 0.4) is 0 Å². The molecule has 1 aromatic carbocycles.